The van der Waals surface area contributed by atoms with Crippen molar-refractivity contribution < 1.29 is 4.84 Å². The van der Waals surface area contributed by atoms with E-state index in [4.69, 9.17) is 4.84 Å². The van der Waals surface area contributed by atoms with E-state index in [1.807, 2.05) is 0 Å². The quantitative estimate of drug-likeness (QED) is 0.856. The molecule has 0 spiro atoms. The summed E-state index contributed by atoms with van der Waals surface area (Å²) in [5.41, 5.74) is 5.57. The molecule has 17 heavy (non-hydrogen) atoms. The number of nitrogens with one attached hydrogen (secondary N) is 1. The van der Waals surface area contributed by atoms with Crippen molar-refractivity contribution in [2.24, 2.45) is 0 Å². The highest BCUT2D eigenvalue weighted by atomic mass is 79.9. The minimum Gasteiger partial charge on any atom is -0.305 e. The lowest BCUT2D eigenvalue weighted by atomic mass is 9.93. The van der Waals surface area contributed by atoms with Crippen molar-refractivity contribution in [3.63, 3.8) is 0 Å². The standard InChI is InChI=1S/C13H18BrNOS/c1-16-15-9-10-2-3-12(13(14)8-10)11-4-6-17-7-5-11/h2-3,8,11,15H,4-7,9H2,1H3. The molecular formula is C13H18BrNOS. The molecule has 1 fully saturated rings. The van der Waals surface area contributed by atoms with Crippen molar-refractivity contribution in [1.82, 2.24) is 5.48 Å². The number of thioether (sulfide) groups is 1. The Morgan fingerprint density at radius 2 is 2.18 bits per heavy atom. The molecule has 4 heteroatoms. The van der Waals surface area contributed by atoms with Gasteiger partial charge in [0.1, 0.15) is 0 Å². The Morgan fingerprint density at radius 1 is 1.41 bits per heavy atom. The molecule has 1 saturated heterocycles. The van der Waals surface area contributed by atoms with Crippen LogP contribution in [0.1, 0.15) is 29.9 Å². The molecule has 0 aliphatic carbocycles. The number of hydrogen-bond acceptors (Lipinski definition) is 3. The van der Waals surface area contributed by atoms with E-state index in [2.05, 4.69) is 51.4 Å². The maximum Gasteiger partial charge on any atom is 0.0572 e. The summed E-state index contributed by atoms with van der Waals surface area (Å²) in [6.45, 7) is 0.746. The topological polar surface area (TPSA) is 21.3 Å². The van der Waals surface area contributed by atoms with Crippen LogP contribution in [0.5, 0.6) is 0 Å². The lowest BCUT2D eigenvalue weighted by Crippen LogP contribution is -2.12. The summed E-state index contributed by atoms with van der Waals surface area (Å²) in [5, 5.41) is 0. The Labute approximate surface area is 116 Å². The molecule has 2 rings (SSSR count). The van der Waals surface area contributed by atoms with Gasteiger partial charge in [0.2, 0.25) is 0 Å². The van der Waals surface area contributed by atoms with E-state index in [1.54, 1.807) is 7.11 Å². The van der Waals surface area contributed by atoms with Crippen LogP contribution in [-0.2, 0) is 11.4 Å². The van der Waals surface area contributed by atoms with E-state index in [-0.39, 0.29) is 0 Å². The first-order valence-electron chi connectivity index (χ1n) is 5.93. The average Bonchev–Trinajstić information content (AvgIpc) is 2.37. The normalized spacial score (nSPS) is 17.3. The third kappa shape index (κ3) is 3.71. The average molecular weight is 316 g/mol. The molecule has 0 aromatic heterocycles. The van der Waals surface area contributed by atoms with Gasteiger partial charge in [-0.15, -0.1) is 0 Å². The van der Waals surface area contributed by atoms with Gasteiger partial charge in [-0.2, -0.15) is 17.2 Å². The second-order valence-electron chi connectivity index (χ2n) is 4.27. The number of benzene rings is 1. The summed E-state index contributed by atoms with van der Waals surface area (Å²) < 4.78 is 1.24. The minimum atomic E-state index is 0.732. The van der Waals surface area contributed by atoms with Crippen molar-refractivity contribution >= 4 is 27.7 Å². The van der Waals surface area contributed by atoms with Crippen LogP contribution in [0.4, 0.5) is 0 Å². The van der Waals surface area contributed by atoms with Crippen molar-refractivity contribution in [3.8, 4) is 0 Å². The van der Waals surface area contributed by atoms with Crippen LogP contribution in [0.2, 0.25) is 0 Å². The Kier molecular flexibility index (Phi) is 5.35. The second-order valence-corrected chi connectivity index (χ2v) is 6.35. The number of hydroxylamine groups is 1. The molecular weight excluding hydrogens is 298 g/mol. The van der Waals surface area contributed by atoms with Crippen LogP contribution in [0, 0.1) is 0 Å². The molecule has 2 nitrogen and oxygen atoms in total. The van der Waals surface area contributed by atoms with E-state index in [9.17, 15) is 0 Å². The number of hydrogen-bond donors (Lipinski definition) is 1. The second kappa shape index (κ2) is 6.78. The van der Waals surface area contributed by atoms with Crippen molar-refractivity contribution in [2.75, 3.05) is 18.6 Å². The van der Waals surface area contributed by atoms with Crippen LogP contribution in [0.3, 0.4) is 0 Å². The molecule has 0 saturated carbocycles. The summed E-state index contributed by atoms with van der Waals surface area (Å²) in [6.07, 6.45) is 2.61. The van der Waals surface area contributed by atoms with Crippen molar-refractivity contribution in [2.45, 2.75) is 25.3 Å². The fourth-order valence-electron chi connectivity index (χ4n) is 2.18. The highest BCUT2D eigenvalue weighted by Crippen LogP contribution is 2.35. The molecule has 94 valence electrons. The molecule has 0 amide bonds. The molecule has 1 N–H and O–H groups in total. The third-order valence-electron chi connectivity index (χ3n) is 3.15. The monoisotopic (exact) mass is 315 g/mol. The van der Waals surface area contributed by atoms with Gasteiger partial charge in [0.25, 0.3) is 0 Å². The predicted octanol–water partition coefficient (Wildman–Crippen LogP) is 3.71. The van der Waals surface area contributed by atoms with Crippen molar-refractivity contribution in [3.05, 3.63) is 33.8 Å². The van der Waals surface area contributed by atoms with E-state index >= 15 is 0 Å². The highest BCUT2D eigenvalue weighted by Gasteiger charge is 2.17. The molecule has 0 atom stereocenters. The van der Waals surface area contributed by atoms with E-state index in [0.29, 0.717) is 0 Å². The molecule has 1 aliphatic rings. The van der Waals surface area contributed by atoms with E-state index < -0.39 is 0 Å². The molecule has 0 bridgehead atoms. The van der Waals surface area contributed by atoms with E-state index in [0.717, 1.165) is 12.5 Å². The zero-order valence-corrected chi connectivity index (χ0v) is 12.4. The number of halogens is 1. The van der Waals surface area contributed by atoms with Crippen molar-refractivity contribution in [1.29, 1.82) is 0 Å². The Morgan fingerprint density at radius 3 is 2.82 bits per heavy atom. The summed E-state index contributed by atoms with van der Waals surface area (Å²) in [5.74, 6) is 3.32. The molecule has 1 aliphatic heterocycles. The Bertz CT molecular complexity index is 366. The van der Waals surface area contributed by atoms with Crippen LogP contribution >= 0.6 is 27.7 Å². The van der Waals surface area contributed by atoms with Gasteiger partial charge in [-0.3, -0.25) is 0 Å². The zero-order valence-electron chi connectivity index (χ0n) is 10.0. The van der Waals surface area contributed by atoms with Crippen LogP contribution in [0.25, 0.3) is 0 Å². The summed E-state index contributed by atoms with van der Waals surface area (Å²) in [4.78, 5) is 4.86. The van der Waals surface area contributed by atoms with Gasteiger partial charge in [0.05, 0.1) is 7.11 Å². The fraction of sp³-hybridized carbons (Fsp3) is 0.538. The van der Waals surface area contributed by atoms with Gasteiger partial charge < -0.3 is 4.84 Å². The van der Waals surface area contributed by atoms with Gasteiger partial charge in [-0.25, -0.2) is 0 Å². The molecule has 1 heterocycles. The van der Waals surface area contributed by atoms with Gasteiger partial charge in [0.15, 0.2) is 0 Å². The lowest BCUT2D eigenvalue weighted by molar-refractivity contribution is 0.0867. The molecule has 1 aromatic carbocycles. The van der Waals surface area contributed by atoms with Crippen LogP contribution in [-0.4, -0.2) is 18.6 Å². The summed E-state index contributed by atoms with van der Waals surface area (Å²) in [7, 11) is 1.64. The largest absolute Gasteiger partial charge is 0.305 e. The number of rotatable bonds is 4. The van der Waals surface area contributed by atoms with Crippen LogP contribution < -0.4 is 5.48 Å². The Balaban J connectivity index is 2.07. The highest BCUT2D eigenvalue weighted by molar-refractivity contribution is 9.10. The van der Waals surface area contributed by atoms with Gasteiger partial charge in [0, 0.05) is 11.0 Å². The first-order valence-corrected chi connectivity index (χ1v) is 7.88. The van der Waals surface area contributed by atoms with Gasteiger partial charge in [-0.1, -0.05) is 28.1 Å². The maximum atomic E-state index is 4.86. The summed E-state index contributed by atoms with van der Waals surface area (Å²) >= 11 is 5.77. The fourth-order valence-corrected chi connectivity index (χ4v) is 4.03. The van der Waals surface area contributed by atoms with E-state index in [1.165, 1.54) is 39.9 Å². The predicted molar refractivity (Wildman–Crippen MR) is 77.3 cm³/mol. The Hall–Kier alpha value is -0.0300. The smallest absolute Gasteiger partial charge is 0.0572 e. The SMILES string of the molecule is CONCc1ccc(C2CCSCC2)c(Br)c1. The molecule has 1 aromatic rings. The first kappa shape index (κ1) is 13.4. The minimum absolute atomic E-state index is 0.732. The lowest BCUT2D eigenvalue weighted by Gasteiger charge is -2.23. The molecule has 0 radical (unpaired) electrons. The summed E-state index contributed by atoms with van der Waals surface area (Å²) in [6, 6.07) is 6.65. The van der Waals surface area contributed by atoms with Gasteiger partial charge >= 0.3 is 0 Å². The third-order valence-corrected chi connectivity index (χ3v) is 4.88. The zero-order chi connectivity index (χ0) is 12.1. The van der Waals surface area contributed by atoms with Gasteiger partial charge in [-0.05, 0) is 47.5 Å². The molecule has 0 unspecified atom stereocenters. The van der Waals surface area contributed by atoms with Crippen LogP contribution in [0.15, 0.2) is 22.7 Å². The maximum absolute atomic E-state index is 4.86. The first-order chi connectivity index (χ1) is 8.31.